The molecule has 0 aliphatic rings. The predicted molar refractivity (Wildman–Crippen MR) is 80.5 cm³/mol. The van der Waals surface area contributed by atoms with E-state index in [9.17, 15) is 8.42 Å². The topological polar surface area (TPSA) is 67.4 Å². The van der Waals surface area contributed by atoms with Gasteiger partial charge in [0.25, 0.3) is 0 Å². The molecule has 1 aromatic rings. The third-order valence-corrected chi connectivity index (χ3v) is 4.25. The van der Waals surface area contributed by atoms with Gasteiger partial charge in [0.2, 0.25) is 10.0 Å². The van der Waals surface area contributed by atoms with Crippen LogP contribution in [0.1, 0.15) is 32.8 Å². The van der Waals surface area contributed by atoms with Crippen LogP contribution in [0.5, 0.6) is 5.75 Å². The van der Waals surface area contributed by atoms with E-state index in [4.69, 9.17) is 4.74 Å². The van der Waals surface area contributed by atoms with Gasteiger partial charge in [-0.15, -0.1) is 0 Å². The molecular formula is C14H24N2O3S. The Hall–Kier alpha value is -1.11. The van der Waals surface area contributed by atoms with E-state index in [-0.39, 0.29) is 4.90 Å². The minimum atomic E-state index is -3.43. The second-order valence-electron chi connectivity index (χ2n) is 4.40. The summed E-state index contributed by atoms with van der Waals surface area (Å²) in [5, 5.41) is 3.20. The smallest absolute Gasteiger partial charge is 0.240 e. The number of ether oxygens (including phenoxy) is 1. The second kappa shape index (κ2) is 8.24. The highest BCUT2D eigenvalue weighted by atomic mass is 32.2. The van der Waals surface area contributed by atoms with Crippen molar-refractivity contribution >= 4 is 10.0 Å². The van der Waals surface area contributed by atoms with Crippen LogP contribution >= 0.6 is 0 Å². The van der Waals surface area contributed by atoms with Crippen LogP contribution in [-0.4, -0.2) is 28.1 Å². The summed E-state index contributed by atoms with van der Waals surface area (Å²) in [4.78, 5) is 0.274. The fraction of sp³-hybridized carbons (Fsp3) is 0.571. The highest BCUT2D eigenvalue weighted by molar-refractivity contribution is 7.89. The highest BCUT2D eigenvalue weighted by Gasteiger charge is 2.15. The molecule has 20 heavy (non-hydrogen) atoms. The van der Waals surface area contributed by atoms with Crippen molar-refractivity contribution in [3.8, 4) is 5.75 Å². The third-order valence-electron chi connectivity index (χ3n) is 2.70. The SMILES string of the molecule is CCCOc1ccc(S(=O)(=O)NCC)cc1CNCC. The monoisotopic (exact) mass is 300 g/mol. The van der Waals surface area contributed by atoms with Crippen LogP contribution in [0.3, 0.4) is 0 Å². The van der Waals surface area contributed by atoms with Gasteiger partial charge in [0, 0.05) is 18.7 Å². The fourth-order valence-electron chi connectivity index (χ4n) is 1.75. The zero-order valence-corrected chi connectivity index (χ0v) is 13.2. The normalized spacial score (nSPS) is 11.6. The Kier molecular flexibility index (Phi) is 6.98. The van der Waals surface area contributed by atoms with Crippen molar-refractivity contribution in [1.29, 1.82) is 0 Å². The van der Waals surface area contributed by atoms with Crippen molar-refractivity contribution in [3.05, 3.63) is 23.8 Å². The molecule has 0 radical (unpaired) electrons. The summed E-state index contributed by atoms with van der Waals surface area (Å²) in [6.07, 6.45) is 0.915. The van der Waals surface area contributed by atoms with E-state index in [0.29, 0.717) is 19.7 Å². The van der Waals surface area contributed by atoms with Crippen molar-refractivity contribution in [3.63, 3.8) is 0 Å². The van der Waals surface area contributed by atoms with E-state index in [1.807, 2.05) is 13.8 Å². The van der Waals surface area contributed by atoms with Gasteiger partial charge in [-0.2, -0.15) is 0 Å². The molecular weight excluding hydrogens is 276 g/mol. The average Bonchev–Trinajstić information content (AvgIpc) is 2.43. The van der Waals surface area contributed by atoms with Crippen LogP contribution in [0.4, 0.5) is 0 Å². The van der Waals surface area contributed by atoms with Gasteiger partial charge in [-0.1, -0.05) is 20.8 Å². The van der Waals surface area contributed by atoms with Crippen LogP contribution in [0.2, 0.25) is 0 Å². The Labute approximate surface area is 121 Å². The van der Waals surface area contributed by atoms with E-state index in [1.54, 1.807) is 25.1 Å². The van der Waals surface area contributed by atoms with Gasteiger partial charge in [-0.25, -0.2) is 13.1 Å². The van der Waals surface area contributed by atoms with E-state index in [1.165, 1.54) is 0 Å². The van der Waals surface area contributed by atoms with Crippen molar-refractivity contribution in [1.82, 2.24) is 10.0 Å². The van der Waals surface area contributed by atoms with Crippen LogP contribution < -0.4 is 14.8 Å². The van der Waals surface area contributed by atoms with E-state index in [2.05, 4.69) is 10.0 Å². The molecule has 2 N–H and O–H groups in total. The van der Waals surface area contributed by atoms with Gasteiger partial charge < -0.3 is 10.1 Å². The summed E-state index contributed by atoms with van der Waals surface area (Å²) in [6, 6.07) is 4.98. The number of rotatable bonds is 9. The van der Waals surface area contributed by atoms with Crippen molar-refractivity contribution < 1.29 is 13.2 Å². The maximum Gasteiger partial charge on any atom is 0.240 e. The Bertz CT molecular complexity index is 515. The zero-order valence-electron chi connectivity index (χ0n) is 12.4. The number of nitrogens with one attached hydrogen (secondary N) is 2. The zero-order chi connectivity index (χ0) is 15.0. The van der Waals surface area contributed by atoms with Gasteiger partial charge in [0.1, 0.15) is 5.75 Å². The molecule has 6 heteroatoms. The van der Waals surface area contributed by atoms with Gasteiger partial charge in [-0.3, -0.25) is 0 Å². The Morgan fingerprint density at radius 3 is 2.50 bits per heavy atom. The first-order valence-corrected chi connectivity index (χ1v) is 8.49. The van der Waals surface area contributed by atoms with Crippen molar-refractivity contribution in [2.45, 2.75) is 38.6 Å². The summed E-state index contributed by atoms with van der Waals surface area (Å²) in [6.45, 7) is 8.20. The molecule has 0 saturated carbocycles. The van der Waals surface area contributed by atoms with Gasteiger partial charge in [0.05, 0.1) is 11.5 Å². The molecule has 0 saturated heterocycles. The molecule has 0 fully saturated rings. The van der Waals surface area contributed by atoms with Crippen LogP contribution in [0.15, 0.2) is 23.1 Å². The molecule has 0 aliphatic heterocycles. The fourth-order valence-corrected chi connectivity index (χ4v) is 2.84. The number of hydrogen-bond donors (Lipinski definition) is 2. The van der Waals surface area contributed by atoms with Crippen molar-refractivity contribution in [2.75, 3.05) is 19.7 Å². The highest BCUT2D eigenvalue weighted by Crippen LogP contribution is 2.23. The summed E-state index contributed by atoms with van der Waals surface area (Å²) in [7, 11) is -3.43. The lowest BCUT2D eigenvalue weighted by Crippen LogP contribution is -2.23. The van der Waals surface area contributed by atoms with E-state index >= 15 is 0 Å². The lowest BCUT2D eigenvalue weighted by molar-refractivity contribution is 0.313. The largest absolute Gasteiger partial charge is 0.493 e. The number of benzene rings is 1. The Balaban J connectivity index is 3.06. The van der Waals surface area contributed by atoms with Crippen molar-refractivity contribution in [2.24, 2.45) is 0 Å². The quantitative estimate of drug-likeness (QED) is 0.731. The van der Waals surface area contributed by atoms with E-state index in [0.717, 1.165) is 24.3 Å². The van der Waals surface area contributed by atoms with Crippen LogP contribution in [-0.2, 0) is 16.6 Å². The average molecular weight is 300 g/mol. The first kappa shape index (κ1) is 16.9. The molecule has 0 aromatic heterocycles. The molecule has 0 spiro atoms. The summed E-state index contributed by atoms with van der Waals surface area (Å²) in [5.41, 5.74) is 0.860. The first-order chi connectivity index (χ1) is 9.55. The molecule has 0 bridgehead atoms. The maximum absolute atomic E-state index is 12.0. The lowest BCUT2D eigenvalue weighted by atomic mass is 10.2. The van der Waals surface area contributed by atoms with Crippen LogP contribution in [0.25, 0.3) is 0 Å². The first-order valence-electron chi connectivity index (χ1n) is 7.01. The molecule has 0 unspecified atom stereocenters. The summed E-state index contributed by atoms with van der Waals surface area (Å²) < 4.78 is 32.2. The third kappa shape index (κ3) is 4.77. The number of sulfonamides is 1. The molecule has 0 heterocycles. The predicted octanol–water partition coefficient (Wildman–Crippen LogP) is 1.88. The van der Waals surface area contributed by atoms with Gasteiger partial charge in [-0.05, 0) is 31.2 Å². The second-order valence-corrected chi connectivity index (χ2v) is 6.17. The molecule has 114 valence electrons. The Morgan fingerprint density at radius 1 is 1.15 bits per heavy atom. The molecule has 5 nitrogen and oxygen atoms in total. The molecule has 0 atom stereocenters. The van der Waals surface area contributed by atoms with Crippen LogP contribution in [0, 0.1) is 0 Å². The molecule has 0 aliphatic carbocycles. The Morgan fingerprint density at radius 2 is 1.90 bits per heavy atom. The summed E-state index contributed by atoms with van der Waals surface area (Å²) >= 11 is 0. The molecule has 1 aromatic carbocycles. The standard InChI is InChI=1S/C14H24N2O3S/c1-4-9-19-14-8-7-13(20(17,18)16-6-3)10-12(14)11-15-5-2/h7-8,10,15-16H,4-6,9,11H2,1-3H3. The lowest BCUT2D eigenvalue weighted by Gasteiger charge is -2.13. The molecule has 1 rings (SSSR count). The number of hydrogen-bond acceptors (Lipinski definition) is 4. The minimum Gasteiger partial charge on any atom is -0.493 e. The summed E-state index contributed by atoms with van der Waals surface area (Å²) in [5.74, 6) is 0.739. The minimum absolute atomic E-state index is 0.274. The van der Waals surface area contributed by atoms with E-state index < -0.39 is 10.0 Å². The maximum atomic E-state index is 12.0. The molecule has 0 amide bonds. The van der Waals surface area contributed by atoms with Gasteiger partial charge in [0.15, 0.2) is 0 Å². The van der Waals surface area contributed by atoms with Gasteiger partial charge >= 0.3 is 0 Å².